The van der Waals surface area contributed by atoms with E-state index in [9.17, 15) is 20.7 Å². The minimum absolute atomic E-state index is 0.0482. The van der Waals surface area contributed by atoms with Crippen molar-refractivity contribution in [1.82, 2.24) is 9.97 Å². The van der Waals surface area contributed by atoms with Gasteiger partial charge in [-0.15, -0.1) is 3.89 Å². The van der Waals surface area contributed by atoms with Gasteiger partial charge in [0.25, 0.3) is 10.0 Å². The van der Waals surface area contributed by atoms with Crippen LogP contribution in [0.1, 0.15) is 11.3 Å². The largest absolute Gasteiger partial charge is 0.487 e. The van der Waals surface area contributed by atoms with Gasteiger partial charge in [0.15, 0.2) is 0 Å². The highest BCUT2D eigenvalue weighted by Crippen LogP contribution is 2.34. The summed E-state index contributed by atoms with van der Waals surface area (Å²) in [5, 5.41) is 0.679. The van der Waals surface area contributed by atoms with Crippen molar-refractivity contribution >= 4 is 60.9 Å². The Kier molecular flexibility index (Phi) is 7.89. The highest BCUT2D eigenvalue weighted by atomic mass is 35.5. The van der Waals surface area contributed by atoms with E-state index in [2.05, 4.69) is 14.7 Å². The maximum atomic E-state index is 13.1. The zero-order chi connectivity index (χ0) is 28.5. The van der Waals surface area contributed by atoms with Gasteiger partial charge in [0.2, 0.25) is 5.95 Å². The van der Waals surface area contributed by atoms with E-state index in [0.717, 1.165) is 24.3 Å². The number of anilines is 3. The molecule has 0 spiro atoms. The Balaban J connectivity index is 1.54. The van der Waals surface area contributed by atoms with Crippen LogP contribution in [0.3, 0.4) is 0 Å². The number of hydrogen-bond donors (Lipinski definition) is 3. The average molecular weight is 612 g/mol. The Hall–Kier alpha value is -3.65. The van der Waals surface area contributed by atoms with Crippen molar-refractivity contribution in [3.05, 3.63) is 82.0 Å². The molecule has 0 atom stereocenters. The number of sulfonamides is 1. The highest BCUT2D eigenvalue weighted by Gasteiger charge is 2.19. The van der Waals surface area contributed by atoms with E-state index in [-0.39, 0.29) is 29.0 Å². The summed E-state index contributed by atoms with van der Waals surface area (Å²) in [6, 6.07) is 13.3. The maximum Gasteiger partial charge on any atom is 0.332 e. The van der Waals surface area contributed by atoms with Gasteiger partial charge < -0.3 is 16.2 Å². The molecule has 204 valence electrons. The standard InChI is InChI=1S/C24H20Cl2FN5O5S2/c1-13-10-15(3-9-20(13)32-39(35,36)17-6-4-16(5-7-17)38(27,33)34)37-12-21-22(23(28)31-24(29)30-21)14-2-8-18(25)19(26)11-14/h2-11,32H,12H2,1H3,(H4,28,29,30,31). The third-order valence-corrected chi connectivity index (χ3v) is 8.43. The fourth-order valence-corrected chi connectivity index (χ4v) is 5.48. The molecule has 4 rings (SSSR count). The van der Waals surface area contributed by atoms with Crippen LogP contribution in [0.4, 0.5) is 21.3 Å². The summed E-state index contributed by atoms with van der Waals surface area (Å²) in [5.41, 5.74) is 14.1. The number of aryl methyl sites for hydroxylation is 1. The number of hydrogen-bond acceptors (Lipinski definition) is 9. The molecule has 0 saturated heterocycles. The Labute approximate surface area is 234 Å². The van der Waals surface area contributed by atoms with E-state index in [1.54, 1.807) is 31.2 Å². The van der Waals surface area contributed by atoms with Crippen molar-refractivity contribution in [2.24, 2.45) is 0 Å². The Morgan fingerprint density at radius 1 is 0.897 bits per heavy atom. The maximum absolute atomic E-state index is 13.1. The van der Waals surface area contributed by atoms with Gasteiger partial charge in [0, 0.05) is 5.56 Å². The first-order valence-corrected chi connectivity index (χ1v) is 14.5. The van der Waals surface area contributed by atoms with Gasteiger partial charge in [-0.25, -0.2) is 13.4 Å². The molecule has 0 aliphatic rings. The number of rotatable bonds is 8. The monoisotopic (exact) mass is 611 g/mol. The summed E-state index contributed by atoms with van der Waals surface area (Å²) in [6.45, 7) is 1.60. The molecule has 10 nitrogen and oxygen atoms in total. The van der Waals surface area contributed by atoms with Crippen molar-refractivity contribution in [3.8, 4) is 16.9 Å². The molecule has 0 bridgehead atoms. The van der Waals surface area contributed by atoms with E-state index in [1.807, 2.05) is 0 Å². The number of nitrogens with two attached hydrogens (primary N) is 2. The molecule has 1 aromatic heterocycles. The lowest BCUT2D eigenvalue weighted by atomic mass is 10.0. The number of halogens is 3. The third kappa shape index (κ3) is 6.50. The normalized spacial score (nSPS) is 11.8. The second kappa shape index (κ2) is 10.8. The second-order valence-electron chi connectivity index (χ2n) is 8.20. The lowest BCUT2D eigenvalue weighted by molar-refractivity contribution is 0.302. The smallest absolute Gasteiger partial charge is 0.332 e. The summed E-state index contributed by atoms with van der Waals surface area (Å²) < 4.78 is 68.9. The summed E-state index contributed by atoms with van der Waals surface area (Å²) in [5.74, 6) is 0.467. The van der Waals surface area contributed by atoms with Gasteiger partial charge in [-0.1, -0.05) is 29.3 Å². The molecule has 0 aliphatic heterocycles. The van der Waals surface area contributed by atoms with Crippen LogP contribution in [-0.4, -0.2) is 26.8 Å². The molecule has 0 saturated carbocycles. The zero-order valence-electron chi connectivity index (χ0n) is 20.0. The van der Waals surface area contributed by atoms with E-state index < -0.39 is 25.1 Å². The molecule has 0 radical (unpaired) electrons. The van der Waals surface area contributed by atoms with Crippen LogP contribution in [0.25, 0.3) is 11.1 Å². The van der Waals surface area contributed by atoms with Crippen LogP contribution < -0.4 is 20.9 Å². The van der Waals surface area contributed by atoms with Gasteiger partial charge in [-0.05, 0) is 72.6 Å². The van der Waals surface area contributed by atoms with Gasteiger partial charge in [-0.3, -0.25) is 4.72 Å². The molecule has 4 aromatic rings. The van der Waals surface area contributed by atoms with Gasteiger partial charge in [0.1, 0.15) is 18.2 Å². The fraction of sp³-hybridized carbons (Fsp3) is 0.0833. The molecule has 0 unspecified atom stereocenters. The van der Waals surface area contributed by atoms with Crippen LogP contribution >= 0.6 is 23.2 Å². The Morgan fingerprint density at radius 2 is 1.56 bits per heavy atom. The highest BCUT2D eigenvalue weighted by molar-refractivity contribution is 7.92. The first-order chi connectivity index (χ1) is 18.2. The summed E-state index contributed by atoms with van der Waals surface area (Å²) >= 11 is 12.2. The Bertz CT molecular complexity index is 1790. The SMILES string of the molecule is Cc1cc(OCc2nc(N)nc(N)c2-c2ccc(Cl)c(Cl)c2)ccc1NS(=O)(=O)c1ccc(S(=O)(=O)F)cc1. The number of ether oxygens (including phenoxy) is 1. The molecule has 5 N–H and O–H groups in total. The Morgan fingerprint density at radius 3 is 2.18 bits per heavy atom. The number of nitrogen functional groups attached to an aromatic ring is 2. The molecule has 1 heterocycles. The quantitative estimate of drug-likeness (QED) is 0.233. The predicted octanol–water partition coefficient (Wildman–Crippen LogP) is 4.96. The van der Waals surface area contributed by atoms with E-state index in [4.69, 9.17) is 39.4 Å². The molecular weight excluding hydrogens is 592 g/mol. The zero-order valence-corrected chi connectivity index (χ0v) is 23.2. The van der Waals surface area contributed by atoms with Crippen molar-refractivity contribution in [2.45, 2.75) is 23.3 Å². The van der Waals surface area contributed by atoms with Gasteiger partial charge >= 0.3 is 10.2 Å². The minimum atomic E-state index is -4.95. The summed E-state index contributed by atoms with van der Waals surface area (Å²) in [7, 11) is -9.04. The first kappa shape index (κ1) is 28.4. The van der Waals surface area contributed by atoms with Crippen LogP contribution in [-0.2, 0) is 26.9 Å². The van der Waals surface area contributed by atoms with E-state index >= 15 is 0 Å². The number of aromatic nitrogens is 2. The minimum Gasteiger partial charge on any atom is -0.487 e. The fourth-order valence-electron chi connectivity index (χ4n) is 3.59. The summed E-state index contributed by atoms with van der Waals surface area (Å²) in [6.07, 6.45) is 0. The van der Waals surface area contributed by atoms with Crippen LogP contribution in [0.2, 0.25) is 10.0 Å². The lowest BCUT2D eigenvalue weighted by Crippen LogP contribution is -2.14. The molecule has 3 aromatic carbocycles. The van der Waals surface area contributed by atoms with Crippen molar-refractivity contribution in [2.75, 3.05) is 16.2 Å². The van der Waals surface area contributed by atoms with Crippen molar-refractivity contribution in [1.29, 1.82) is 0 Å². The van der Waals surface area contributed by atoms with Crippen molar-refractivity contribution in [3.63, 3.8) is 0 Å². The molecular formula is C24H20Cl2FN5O5S2. The predicted molar refractivity (Wildman–Crippen MR) is 147 cm³/mol. The van der Waals surface area contributed by atoms with E-state index in [1.165, 1.54) is 12.1 Å². The average Bonchev–Trinajstić information content (AvgIpc) is 2.85. The van der Waals surface area contributed by atoms with E-state index in [0.29, 0.717) is 38.2 Å². The van der Waals surface area contributed by atoms with Crippen LogP contribution in [0.5, 0.6) is 5.75 Å². The molecule has 15 heteroatoms. The topological polar surface area (TPSA) is 167 Å². The van der Waals surface area contributed by atoms with Gasteiger partial charge in [0.05, 0.1) is 31.2 Å². The number of nitrogens with zero attached hydrogens (tertiary/aromatic N) is 2. The lowest BCUT2D eigenvalue weighted by Gasteiger charge is -2.15. The number of benzene rings is 3. The number of nitrogens with one attached hydrogen (secondary N) is 1. The van der Waals surface area contributed by atoms with Crippen molar-refractivity contribution < 1.29 is 25.5 Å². The van der Waals surface area contributed by atoms with Crippen LogP contribution in [0, 0.1) is 6.92 Å². The molecule has 39 heavy (non-hydrogen) atoms. The second-order valence-corrected chi connectivity index (χ2v) is 12.0. The molecule has 0 fully saturated rings. The molecule has 0 aliphatic carbocycles. The van der Waals surface area contributed by atoms with Crippen LogP contribution in [0.15, 0.2) is 70.5 Å². The van der Waals surface area contributed by atoms with Gasteiger partial charge in [-0.2, -0.15) is 13.4 Å². The first-order valence-electron chi connectivity index (χ1n) is 10.9. The summed E-state index contributed by atoms with van der Waals surface area (Å²) in [4.78, 5) is 7.38. The third-order valence-electron chi connectivity index (χ3n) is 5.47. The molecule has 0 amide bonds.